The predicted octanol–water partition coefficient (Wildman–Crippen LogP) is 15.5. The van der Waals surface area contributed by atoms with Gasteiger partial charge in [0.05, 0.1) is 0 Å². The Kier molecular flexibility index (Phi) is 12.3. The van der Waals surface area contributed by atoms with Gasteiger partial charge in [-0.05, 0) is 137 Å². The minimum atomic E-state index is -0.188. The summed E-state index contributed by atoms with van der Waals surface area (Å²) in [5.41, 5.74) is 33.1. The second-order valence-electron chi connectivity index (χ2n) is 18.0. The molecule has 1 N–H and O–H groups in total. The summed E-state index contributed by atoms with van der Waals surface area (Å²) in [6.45, 7) is 28.5. The lowest BCUT2D eigenvalue weighted by molar-refractivity contribution is -0.315. The molecule has 2 atom stereocenters. The van der Waals surface area contributed by atoms with E-state index < -0.39 is 0 Å². The van der Waals surface area contributed by atoms with Gasteiger partial charge in [-0.25, -0.2) is 0 Å². The van der Waals surface area contributed by atoms with Crippen LogP contribution in [-0.4, -0.2) is 22.0 Å². The van der Waals surface area contributed by atoms with Crippen molar-refractivity contribution in [3.63, 3.8) is 0 Å². The van der Waals surface area contributed by atoms with Crippen LogP contribution in [0.2, 0.25) is 0 Å². The van der Waals surface area contributed by atoms with E-state index in [9.17, 15) is 0 Å². The van der Waals surface area contributed by atoms with E-state index >= 15 is 0 Å². The molecule has 0 amide bonds. The van der Waals surface area contributed by atoms with E-state index in [0.29, 0.717) is 0 Å². The second-order valence-corrected chi connectivity index (χ2v) is 18.0. The van der Waals surface area contributed by atoms with E-state index in [2.05, 4.69) is 192 Å². The molecule has 1 aromatic heterocycles. The predicted molar refractivity (Wildman–Crippen MR) is 286 cm³/mol. The molecule has 7 aliphatic carbocycles. The van der Waals surface area contributed by atoms with Crippen LogP contribution in [0.5, 0.6) is 0 Å². The lowest BCUT2D eigenvalue weighted by Crippen LogP contribution is -2.46. The highest BCUT2D eigenvalue weighted by molar-refractivity contribution is 6.77. The number of H-pyrrole nitrogens is 1. The van der Waals surface area contributed by atoms with Gasteiger partial charge in [-0.2, -0.15) is 0 Å². The van der Waals surface area contributed by atoms with Crippen molar-refractivity contribution in [1.82, 2.24) is 4.98 Å². The van der Waals surface area contributed by atoms with Crippen LogP contribution in [0.15, 0.2) is 200 Å². The largest absolute Gasteiger partial charge is 0.560 e. The standard InChI is InChI=1S/C59H53BN2.2C2H6/c1-9-40-34(5)54(61-36(40)7)33-55-35(6)41(10-2)37(8)62(55)60(53-32-31-50-47-26-16-22-39-21-15-25-46(57(39)47)49-27-17-29-51(53)59(49)50)52-30-18-28-48-45-24-14-20-38-19-13-23-44(56(38)45)42(11-3)58(48)43(52)12-4;2*1-2/h11-18,20,22-27,29-33,45,47H,4,9-10,19,21H2,1-3,5-8H3;2*1-2H3/p+1/b42-11-;;. The van der Waals surface area contributed by atoms with Crippen molar-refractivity contribution in [2.45, 2.75) is 108 Å². The highest BCUT2D eigenvalue weighted by atomic mass is 15.0. The lowest BCUT2D eigenvalue weighted by atomic mass is 9.45. The molecule has 11 rings (SSSR count). The van der Waals surface area contributed by atoms with Crippen LogP contribution >= 0.6 is 0 Å². The first kappa shape index (κ1) is 44.8. The maximum Gasteiger partial charge on any atom is 0.560 e. The van der Waals surface area contributed by atoms with Crippen LogP contribution in [0, 0.1) is 19.8 Å². The van der Waals surface area contributed by atoms with Gasteiger partial charge >= 0.3 is 6.85 Å². The fraction of sp³-hybridized carbons (Fsp3) is 0.270. The number of nitrogens with zero attached hydrogens (tertiary/aromatic N) is 1. The molecule has 66 heavy (non-hydrogen) atoms. The third kappa shape index (κ3) is 6.65. The SMILES string of the molecule is C=CC1=C2C(=C=CC=C1B(c1ccc3c4c(cccc14)C1=C4C(=CC=CC43)CC=C1)[N+]1=C(C)C(CC)=C(C)/C1=C/c1[nH]c(C)c(CC)c1C)C1C=CC=C3CC=CC(=C31)/C2=C/C.CC.CC. The molecule has 2 nitrogen and oxygen atoms in total. The lowest BCUT2D eigenvalue weighted by Gasteiger charge is -2.37. The Morgan fingerprint density at radius 1 is 0.848 bits per heavy atom. The second kappa shape index (κ2) is 18.1. The molecule has 0 fully saturated rings. The Morgan fingerprint density at radius 3 is 2.21 bits per heavy atom. The normalized spacial score (nSPS) is 21.8. The van der Waals surface area contributed by atoms with Gasteiger partial charge in [0.25, 0.3) is 0 Å². The minimum absolute atomic E-state index is 0.137. The molecule has 0 bridgehead atoms. The van der Waals surface area contributed by atoms with E-state index in [1.807, 2.05) is 27.7 Å². The van der Waals surface area contributed by atoms with Crippen LogP contribution in [0.4, 0.5) is 0 Å². The zero-order valence-corrected chi connectivity index (χ0v) is 41.3. The van der Waals surface area contributed by atoms with Crippen molar-refractivity contribution in [2.24, 2.45) is 5.92 Å². The molecule has 330 valence electrons. The van der Waals surface area contributed by atoms with Gasteiger partial charge in [0.2, 0.25) is 0 Å². The van der Waals surface area contributed by atoms with Gasteiger partial charge in [-0.3, -0.25) is 4.49 Å². The first-order chi connectivity index (χ1) is 32.3. The van der Waals surface area contributed by atoms with Gasteiger partial charge in [-0.1, -0.05) is 157 Å². The molecule has 8 aliphatic rings. The summed E-state index contributed by atoms with van der Waals surface area (Å²) >= 11 is 0. The molecule has 3 aromatic rings. The number of hydrogen-bond acceptors (Lipinski definition) is 0. The molecule has 3 heteroatoms. The zero-order valence-electron chi connectivity index (χ0n) is 41.3. The van der Waals surface area contributed by atoms with E-state index in [4.69, 9.17) is 0 Å². The number of fused-ring (bicyclic) bond motifs is 4. The van der Waals surface area contributed by atoms with Crippen molar-refractivity contribution < 1.29 is 4.49 Å². The molecule has 0 radical (unpaired) electrons. The molecule has 1 aliphatic heterocycles. The molecule has 2 aromatic carbocycles. The Labute approximate surface area is 395 Å². The van der Waals surface area contributed by atoms with Crippen molar-refractivity contribution >= 4 is 40.4 Å². The molecule has 0 saturated heterocycles. The van der Waals surface area contributed by atoms with Crippen molar-refractivity contribution in [3.8, 4) is 0 Å². The third-order valence-corrected chi connectivity index (χ3v) is 15.1. The first-order valence-electron chi connectivity index (χ1n) is 24.9. The summed E-state index contributed by atoms with van der Waals surface area (Å²) < 4.78 is 2.69. The van der Waals surface area contributed by atoms with Gasteiger partial charge in [0, 0.05) is 69.5 Å². The number of hydrogen-bond donors (Lipinski definition) is 1. The van der Waals surface area contributed by atoms with Gasteiger partial charge in [-0.15, -0.1) is 5.73 Å². The number of aryl methyl sites for hydroxylation is 1. The van der Waals surface area contributed by atoms with Crippen molar-refractivity contribution in [2.75, 3.05) is 0 Å². The summed E-state index contributed by atoms with van der Waals surface area (Å²) in [4.78, 5) is 3.82. The van der Waals surface area contributed by atoms with Crippen LogP contribution in [-0.2, 0) is 6.42 Å². The Balaban J connectivity index is 0.00000133. The first-order valence-corrected chi connectivity index (χ1v) is 24.9. The zero-order chi connectivity index (χ0) is 46.6. The van der Waals surface area contributed by atoms with Gasteiger partial charge in [0.15, 0.2) is 11.4 Å². The third-order valence-electron chi connectivity index (χ3n) is 15.1. The van der Waals surface area contributed by atoms with Crippen molar-refractivity contribution in [1.29, 1.82) is 0 Å². The van der Waals surface area contributed by atoms with E-state index in [1.54, 1.807) is 0 Å². The molecule has 2 unspecified atom stereocenters. The monoisotopic (exact) mass is 862 g/mol. The number of rotatable bonds is 7. The maximum atomic E-state index is 4.67. The number of allylic oxidation sites excluding steroid dienone is 26. The van der Waals surface area contributed by atoms with Gasteiger partial charge in [0.1, 0.15) is 0 Å². The molecular formula is C63H66BN2+. The van der Waals surface area contributed by atoms with Crippen molar-refractivity contribution in [3.05, 3.63) is 234 Å². The number of nitrogens with one attached hydrogen (secondary N) is 1. The van der Waals surface area contributed by atoms with E-state index in [-0.39, 0.29) is 18.7 Å². The summed E-state index contributed by atoms with van der Waals surface area (Å²) in [5.74, 6) is 0.376. The average molecular weight is 862 g/mol. The minimum Gasteiger partial charge on any atom is -0.358 e. The molecule has 2 heterocycles. The highest BCUT2D eigenvalue weighted by Crippen LogP contribution is 2.53. The summed E-state index contributed by atoms with van der Waals surface area (Å²) in [6.07, 6.45) is 38.9. The van der Waals surface area contributed by atoms with E-state index in [0.717, 1.165) is 25.7 Å². The van der Waals surface area contributed by atoms with Crippen LogP contribution in [0.3, 0.4) is 0 Å². The number of benzene rings is 2. The average Bonchev–Trinajstić information content (AvgIpc) is 3.66. The summed E-state index contributed by atoms with van der Waals surface area (Å²) in [5, 5.41) is 2.69. The van der Waals surface area contributed by atoms with Crippen LogP contribution in [0.1, 0.15) is 121 Å². The van der Waals surface area contributed by atoms with Crippen LogP contribution < -0.4 is 5.46 Å². The summed E-state index contributed by atoms with van der Waals surface area (Å²) in [6, 6.07) is 12.0. The fourth-order valence-electron chi connectivity index (χ4n) is 12.4. The van der Waals surface area contributed by atoms with E-state index in [1.165, 1.54) is 134 Å². The smallest absolute Gasteiger partial charge is 0.358 e. The highest BCUT2D eigenvalue weighted by Gasteiger charge is 2.49. The Hall–Kier alpha value is -6.41. The summed E-state index contributed by atoms with van der Waals surface area (Å²) in [7, 11) is 0. The number of aromatic amines is 1. The maximum absolute atomic E-state index is 4.67. The number of aromatic nitrogens is 1. The molecular weight excluding hydrogens is 796 g/mol. The molecule has 0 saturated carbocycles. The topological polar surface area (TPSA) is 18.8 Å². The Morgan fingerprint density at radius 2 is 1.55 bits per heavy atom. The molecule has 0 spiro atoms. The van der Waals surface area contributed by atoms with Crippen LogP contribution in [0.25, 0.3) is 22.4 Å². The Bertz CT molecular complexity index is 3170. The van der Waals surface area contributed by atoms with Gasteiger partial charge < -0.3 is 4.98 Å². The quantitative estimate of drug-likeness (QED) is 0.180. The fourth-order valence-corrected chi connectivity index (χ4v) is 12.4.